The molecule has 0 aliphatic carbocycles. The van der Waals surface area contributed by atoms with E-state index in [9.17, 15) is 13.2 Å². The number of nitrogens with one attached hydrogen (secondary N) is 2. The minimum absolute atomic E-state index is 0.124. The number of carbonyl (C=O) groups excluding carboxylic acids is 1. The molecule has 5 nitrogen and oxygen atoms in total. The number of anilines is 2. The summed E-state index contributed by atoms with van der Waals surface area (Å²) in [5.41, 5.74) is 4.79. The fourth-order valence-electron chi connectivity index (χ4n) is 2.67. The van der Waals surface area contributed by atoms with Gasteiger partial charge in [-0.2, -0.15) is 0 Å². The summed E-state index contributed by atoms with van der Waals surface area (Å²) in [6, 6.07) is 17.0. The molecule has 0 atom stereocenters. The predicted molar refractivity (Wildman–Crippen MR) is 125 cm³/mol. The third-order valence-electron chi connectivity index (χ3n) is 4.62. The monoisotopic (exact) mass is 520 g/mol. The smallest absolute Gasteiger partial charge is 0.261 e. The maximum atomic E-state index is 12.6. The Kier molecular flexibility index (Phi) is 6.28. The van der Waals surface area contributed by atoms with Gasteiger partial charge in [-0.15, -0.1) is 0 Å². The van der Waals surface area contributed by atoms with Crippen LogP contribution < -0.4 is 10.0 Å². The first-order chi connectivity index (χ1) is 13.7. The Balaban J connectivity index is 1.73. The molecule has 0 aromatic heterocycles. The van der Waals surface area contributed by atoms with Crippen molar-refractivity contribution in [1.29, 1.82) is 0 Å². The highest BCUT2D eigenvalue weighted by molar-refractivity contribution is 14.1. The lowest BCUT2D eigenvalue weighted by atomic mass is 10.1. The number of carbonyl (C=O) groups is 1. The van der Waals surface area contributed by atoms with E-state index in [1.54, 1.807) is 30.3 Å². The lowest BCUT2D eigenvalue weighted by molar-refractivity contribution is 0.102. The molecular weight excluding hydrogens is 499 g/mol. The van der Waals surface area contributed by atoms with Crippen molar-refractivity contribution in [2.24, 2.45) is 0 Å². The van der Waals surface area contributed by atoms with Crippen molar-refractivity contribution in [3.05, 3.63) is 86.5 Å². The molecule has 0 spiro atoms. The molecule has 3 aromatic carbocycles. The van der Waals surface area contributed by atoms with Crippen molar-refractivity contribution < 1.29 is 13.2 Å². The minimum atomic E-state index is -3.71. The van der Waals surface area contributed by atoms with Crippen LogP contribution in [0.2, 0.25) is 0 Å². The molecule has 0 fully saturated rings. The predicted octanol–water partition coefficient (Wildman–Crippen LogP) is 5.27. The Morgan fingerprint density at radius 2 is 1.41 bits per heavy atom. The lowest BCUT2D eigenvalue weighted by Crippen LogP contribution is -2.14. The molecule has 2 N–H and O–H groups in total. The number of hydrogen-bond donors (Lipinski definition) is 2. The van der Waals surface area contributed by atoms with Crippen LogP contribution in [0.25, 0.3) is 0 Å². The number of amides is 1. The van der Waals surface area contributed by atoms with Crippen LogP contribution in [0.3, 0.4) is 0 Å². The molecular formula is C22H21IN2O3S. The van der Waals surface area contributed by atoms with E-state index in [1.807, 2.05) is 39.0 Å². The largest absolute Gasteiger partial charge is 0.322 e. The van der Waals surface area contributed by atoms with Crippen LogP contribution in [-0.4, -0.2) is 14.3 Å². The Labute approximate surface area is 184 Å². The van der Waals surface area contributed by atoms with Crippen LogP contribution in [-0.2, 0) is 10.0 Å². The summed E-state index contributed by atoms with van der Waals surface area (Å²) in [5.74, 6) is -0.244. The SMILES string of the molecule is Cc1ccc(NS(=O)(=O)c2ccc(NC(=O)c3ccc(C)c(I)c3)cc2)cc1C. The highest BCUT2D eigenvalue weighted by atomic mass is 127. The Hall–Kier alpha value is -2.39. The normalized spacial score (nSPS) is 11.2. The van der Waals surface area contributed by atoms with Gasteiger partial charge in [0.1, 0.15) is 0 Å². The molecule has 1 amide bonds. The van der Waals surface area contributed by atoms with Gasteiger partial charge in [0, 0.05) is 20.5 Å². The van der Waals surface area contributed by atoms with E-state index in [0.717, 1.165) is 20.3 Å². The number of halogens is 1. The Morgan fingerprint density at radius 1 is 0.793 bits per heavy atom. The van der Waals surface area contributed by atoms with Gasteiger partial charge in [-0.3, -0.25) is 9.52 Å². The average molecular weight is 520 g/mol. The summed E-state index contributed by atoms with van der Waals surface area (Å²) < 4.78 is 28.8. The molecule has 7 heteroatoms. The van der Waals surface area contributed by atoms with Gasteiger partial charge < -0.3 is 5.32 Å². The average Bonchev–Trinajstić information content (AvgIpc) is 2.67. The van der Waals surface area contributed by atoms with Gasteiger partial charge in [-0.25, -0.2) is 8.42 Å². The topological polar surface area (TPSA) is 75.3 Å². The molecule has 0 aliphatic rings. The summed E-state index contributed by atoms with van der Waals surface area (Å²) in [5, 5.41) is 2.79. The van der Waals surface area contributed by atoms with E-state index in [4.69, 9.17) is 0 Å². The maximum absolute atomic E-state index is 12.6. The molecule has 3 rings (SSSR count). The van der Waals surface area contributed by atoms with Crippen LogP contribution in [0.15, 0.2) is 65.6 Å². The molecule has 0 saturated heterocycles. The number of rotatable bonds is 5. The second-order valence-corrected chi connectivity index (χ2v) is 9.69. The second kappa shape index (κ2) is 8.54. The molecule has 3 aromatic rings. The molecule has 0 saturated carbocycles. The summed E-state index contributed by atoms with van der Waals surface area (Å²) in [6.45, 7) is 5.88. The van der Waals surface area contributed by atoms with Crippen molar-refractivity contribution in [1.82, 2.24) is 0 Å². The van der Waals surface area contributed by atoms with Crippen LogP contribution in [0.5, 0.6) is 0 Å². The number of sulfonamides is 1. The van der Waals surface area contributed by atoms with E-state index >= 15 is 0 Å². The summed E-state index contributed by atoms with van der Waals surface area (Å²) >= 11 is 2.19. The van der Waals surface area contributed by atoms with E-state index in [2.05, 4.69) is 32.6 Å². The van der Waals surface area contributed by atoms with Crippen LogP contribution in [0, 0.1) is 24.3 Å². The molecule has 29 heavy (non-hydrogen) atoms. The van der Waals surface area contributed by atoms with E-state index < -0.39 is 10.0 Å². The molecule has 150 valence electrons. The van der Waals surface area contributed by atoms with Crippen LogP contribution >= 0.6 is 22.6 Å². The fraction of sp³-hybridized carbons (Fsp3) is 0.136. The molecule has 0 radical (unpaired) electrons. The van der Waals surface area contributed by atoms with Gasteiger partial charge in [0.05, 0.1) is 4.90 Å². The van der Waals surface area contributed by atoms with Crippen molar-refractivity contribution >= 4 is 49.9 Å². The zero-order chi connectivity index (χ0) is 21.2. The van der Waals surface area contributed by atoms with Gasteiger partial charge in [0.15, 0.2) is 0 Å². The fourth-order valence-corrected chi connectivity index (χ4v) is 4.24. The third kappa shape index (κ3) is 5.16. The lowest BCUT2D eigenvalue weighted by Gasteiger charge is -2.11. The first-order valence-electron chi connectivity index (χ1n) is 8.93. The minimum Gasteiger partial charge on any atom is -0.322 e. The van der Waals surface area contributed by atoms with Crippen LogP contribution in [0.1, 0.15) is 27.0 Å². The first kappa shape index (κ1) is 21.3. The quantitative estimate of drug-likeness (QED) is 0.451. The first-order valence-corrected chi connectivity index (χ1v) is 11.5. The molecule has 0 aliphatic heterocycles. The number of benzene rings is 3. The van der Waals surface area contributed by atoms with Gasteiger partial charge in [-0.1, -0.05) is 12.1 Å². The number of hydrogen-bond acceptors (Lipinski definition) is 3. The zero-order valence-electron chi connectivity index (χ0n) is 16.3. The summed E-state index contributed by atoms with van der Waals surface area (Å²) in [6.07, 6.45) is 0. The Bertz CT molecular complexity index is 1170. The standard InChI is InChI=1S/C22H21IN2O3S/c1-14-5-7-19(12-16(14)3)25-29(27,28)20-10-8-18(9-11-20)24-22(26)17-6-4-15(2)21(23)13-17/h4-13,25H,1-3H3,(H,24,26). The molecule has 0 heterocycles. The van der Waals surface area contributed by atoms with Gasteiger partial charge >= 0.3 is 0 Å². The highest BCUT2D eigenvalue weighted by Gasteiger charge is 2.15. The van der Waals surface area contributed by atoms with Crippen molar-refractivity contribution in [2.45, 2.75) is 25.7 Å². The number of aryl methyl sites for hydroxylation is 3. The van der Waals surface area contributed by atoms with Crippen molar-refractivity contribution in [2.75, 3.05) is 10.0 Å². The van der Waals surface area contributed by atoms with E-state index in [0.29, 0.717) is 16.9 Å². The summed E-state index contributed by atoms with van der Waals surface area (Å²) in [7, 11) is -3.71. The summed E-state index contributed by atoms with van der Waals surface area (Å²) in [4.78, 5) is 12.5. The maximum Gasteiger partial charge on any atom is 0.261 e. The van der Waals surface area contributed by atoms with E-state index in [1.165, 1.54) is 12.1 Å². The second-order valence-electron chi connectivity index (χ2n) is 6.85. The molecule has 0 unspecified atom stereocenters. The van der Waals surface area contributed by atoms with E-state index in [-0.39, 0.29) is 10.8 Å². The van der Waals surface area contributed by atoms with Gasteiger partial charge in [0.2, 0.25) is 0 Å². The van der Waals surface area contributed by atoms with Gasteiger partial charge in [0.25, 0.3) is 15.9 Å². The Morgan fingerprint density at radius 3 is 2.03 bits per heavy atom. The zero-order valence-corrected chi connectivity index (χ0v) is 19.3. The highest BCUT2D eigenvalue weighted by Crippen LogP contribution is 2.21. The van der Waals surface area contributed by atoms with Crippen LogP contribution in [0.4, 0.5) is 11.4 Å². The van der Waals surface area contributed by atoms with Crippen molar-refractivity contribution in [3.63, 3.8) is 0 Å². The van der Waals surface area contributed by atoms with Gasteiger partial charge in [-0.05, 0) is 109 Å². The van der Waals surface area contributed by atoms with Crippen molar-refractivity contribution in [3.8, 4) is 0 Å². The molecule has 0 bridgehead atoms. The third-order valence-corrected chi connectivity index (χ3v) is 7.18.